The average molecular weight is 921 g/mol. The summed E-state index contributed by atoms with van der Waals surface area (Å²) in [4.78, 5) is 0. The van der Waals surface area contributed by atoms with Crippen molar-refractivity contribution >= 4 is 22.3 Å². The summed E-state index contributed by atoms with van der Waals surface area (Å²) in [6, 6.07) is 69.0. The van der Waals surface area contributed by atoms with E-state index < -0.39 is 0 Å². The Labute approximate surface area is 428 Å². The van der Waals surface area contributed by atoms with Crippen LogP contribution in [0, 0.1) is 103 Å². The van der Waals surface area contributed by atoms with Gasteiger partial charge in [-0.15, -0.1) is 0 Å². The van der Waals surface area contributed by atoms with E-state index in [9.17, 15) is 0 Å². The smallest absolute Gasteiger partial charge is 0.0497 e. The Hall–Kier alpha value is -9.04. The van der Waals surface area contributed by atoms with Gasteiger partial charge in [-0.05, 0) is 126 Å². The maximum Gasteiger partial charge on any atom is 0.0497 e. The Morgan fingerprint density at radius 3 is 0.458 bits per heavy atom. The molecule has 0 saturated carbocycles. The first-order valence-electron chi connectivity index (χ1n) is 24.6. The fraction of sp³-hybridized carbons (Fsp3) is 0.111. The lowest BCUT2D eigenvalue weighted by Gasteiger charge is -2.27. The molecule has 8 aromatic carbocycles. The number of allylic oxidation sites excluding steroid dienone is 8. The van der Waals surface area contributed by atoms with Crippen molar-refractivity contribution in [3.05, 3.63) is 305 Å². The van der Waals surface area contributed by atoms with Gasteiger partial charge in [-0.1, -0.05) is 237 Å². The number of hydrogen-bond donors (Lipinski definition) is 0. The van der Waals surface area contributed by atoms with Gasteiger partial charge in [0.05, 0.1) is 0 Å². The van der Waals surface area contributed by atoms with Crippen molar-refractivity contribution < 1.29 is 0 Å². The van der Waals surface area contributed by atoms with E-state index in [1.54, 1.807) is 0 Å². The molecule has 0 heterocycles. The van der Waals surface area contributed by atoms with Crippen LogP contribution in [0.3, 0.4) is 0 Å². The summed E-state index contributed by atoms with van der Waals surface area (Å²) in [5.41, 5.74) is 23.7. The van der Waals surface area contributed by atoms with Crippen molar-refractivity contribution in [2.75, 3.05) is 0 Å². The minimum absolute atomic E-state index is 0.787. The maximum atomic E-state index is 3.89. The van der Waals surface area contributed by atoms with Gasteiger partial charge in [0, 0.05) is 66.8 Å². The third-order valence-corrected chi connectivity index (χ3v) is 12.9. The van der Waals surface area contributed by atoms with E-state index in [0.29, 0.717) is 0 Å². The van der Waals surface area contributed by atoms with Crippen LogP contribution in [0.2, 0.25) is 0 Å². The van der Waals surface area contributed by atoms with Crippen LogP contribution in [0.25, 0.3) is 22.3 Å². The topological polar surface area (TPSA) is 0 Å². The highest BCUT2D eigenvalue weighted by Gasteiger charge is 2.31. The average Bonchev–Trinajstić information content (AvgIpc) is 3.38. The number of aryl methyl sites for hydroxylation is 8. The third kappa shape index (κ3) is 11.3. The monoisotopic (exact) mass is 920 g/mol. The molecule has 0 unspecified atom stereocenters. The van der Waals surface area contributed by atoms with E-state index in [-0.39, 0.29) is 0 Å². The van der Waals surface area contributed by atoms with Crippen molar-refractivity contribution in [2.24, 2.45) is 0 Å². The standard InChI is InChI=1S/C72H56/c1-49-9-25-57(26-10-49)33-45-65-66(46-34-58-27-11-50(2)12-28-58)70(62-39-19-54(6)20-40-62)72(64-43-23-56(8)24-44-64)68(48-36-60-31-15-52(4)16-32-60)67(47-35-59-29-13-51(3)14-30-59)71(63-41-21-55(7)22-42-63)69(65)61-37-17-53(5)18-38-61/h9-32,37-44H,1-8H3/b66-65-,68-67-,69-65?,70-66?,71-67?,71-69-,72-68?,72-70-. The molecule has 0 heteroatoms. The molecule has 0 aromatic heterocycles. The number of hydrogen-bond acceptors (Lipinski definition) is 0. The predicted molar refractivity (Wildman–Crippen MR) is 305 cm³/mol. The van der Waals surface area contributed by atoms with Gasteiger partial charge in [0.25, 0.3) is 0 Å². The quantitative estimate of drug-likeness (QED) is 0.154. The summed E-state index contributed by atoms with van der Waals surface area (Å²) < 4.78 is 0. The molecule has 0 atom stereocenters. The molecule has 9 rings (SSSR count). The van der Waals surface area contributed by atoms with Gasteiger partial charge in [-0.25, -0.2) is 0 Å². The molecule has 0 aliphatic heterocycles. The van der Waals surface area contributed by atoms with E-state index in [1.807, 2.05) is 0 Å². The Morgan fingerprint density at radius 1 is 0.167 bits per heavy atom. The van der Waals surface area contributed by atoms with Gasteiger partial charge in [0.15, 0.2) is 0 Å². The van der Waals surface area contributed by atoms with Crippen molar-refractivity contribution in [1.29, 1.82) is 0 Å². The highest BCUT2D eigenvalue weighted by atomic mass is 14.3. The van der Waals surface area contributed by atoms with E-state index >= 15 is 0 Å². The number of benzene rings is 8. The minimum Gasteiger partial charge on any atom is -0.0616 e. The fourth-order valence-corrected chi connectivity index (χ4v) is 8.62. The highest BCUT2D eigenvalue weighted by molar-refractivity contribution is 6.18. The van der Waals surface area contributed by atoms with Crippen molar-refractivity contribution in [2.45, 2.75) is 55.4 Å². The van der Waals surface area contributed by atoms with Gasteiger partial charge < -0.3 is 0 Å². The molecule has 8 aromatic rings. The summed E-state index contributed by atoms with van der Waals surface area (Å²) in [5, 5.41) is 0. The lowest BCUT2D eigenvalue weighted by molar-refractivity contribution is 1.41. The van der Waals surface area contributed by atoms with Crippen LogP contribution in [-0.2, 0) is 0 Å². The van der Waals surface area contributed by atoms with Gasteiger partial charge in [-0.3, -0.25) is 0 Å². The predicted octanol–water partition coefficient (Wildman–Crippen LogP) is 16.5. The summed E-state index contributed by atoms with van der Waals surface area (Å²) in [6.07, 6.45) is 0. The van der Waals surface area contributed by atoms with E-state index in [4.69, 9.17) is 0 Å². The molecule has 0 radical (unpaired) electrons. The Bertz CT molecular complexity index is 3200. The van der Waals surface area contributed by atoms with Crippen LogP contribution in [0.5, 0.6) is 0 Å². The zero-order chi connectivity index (χ0) is 50.1. The molecular weight excluding hydrogens is 865 g/mol. The second-order valence-electron chi connectivity index (χ2n) is 18.9. The lowest BCUT2D eigenvalue weighted by atomic mass is 9.74. The van der Waals surface area contributed by atoms with E-state index in [2.05, 4.69) is 297 Å². The van der Waals surface area contributed by atoms with Crippen LogP contribution < -0.4 is 0 Å². The molecule has 1 aliphatic rings. The summed E-state index contributed by atoms with van der Waals surface area (Å²) in [5.74, 6) is 30.3. The second-order valence-corrected chi connectivity index (χ2v) is 18.9. The van der Waals surface area contributed by atoms with Crippen LogP contribution in [0.1, 0.15) is 89.0 Å². The van der Waals surface area contributed by atoms with Crippen LogP contribution in [-0.4, -0.2) is 0 Å². The molecular formula is C72H56. The number of rotatable bonds is 4. The molecule has 72 heavy (non-hydrogen) atoms. The first-order valence-corrected chi connectivity index (χ1v) is 24.6. The molecule has 0 N–H and O–H groups in total. The Balaban J connectivity index is 1.61. The first-order chi connectivity index (χ1) is 34.9. The van der Waals surface area contributed by atoms with Gasteiger partial charge in [-0.2, -0.15) is 0 Å². The zero-order valence-electron chi connectivity index (χ0n) is 42.5. The van der Waals surface area contributed by atoms with Crippen LogP contribution in [0.4, 0.5) is 0 Å². The fourth-order valence-electron chi connectivity index (χ4n) is 8.62. The molecule has 0 nitrogen and oxygen atoms in total. The van der Waals surface area contributed by atoms with Crippen molar-refractivity contribution in [3.63, 3.8) is 0 Å². The molecule has 0 spiro atoms. The van der Waals surface area contributed by atoms with Gasteiger partial charge in [0.1, 0.15) is 0 Å². The van der Waals surface area contributed by atoms with Crippen LogP contribution >= 0.6 is 0 Å². The second kappa shape index (κ2) is 21.7. The molecule has 344 valence electrons. The summed E-state index contributed by atoms with van der Waals surface area (Å²) in [6.45, 7) is 17.0. The molecule has 0 bridgehead atoms. The first kappa shape index (κ1) is 48.0. The Kier molecular flexibility index (Phi) is 14.5. The summed E-state index contributed by atoms with van der Waals surface area (Å²) in [7, 11) is 0. The molecule has 0 amide bonds. The Morgan fingerprint density at radius 2 is 0.306 bits per heavy atom. The largest absolute Gasteiger partial charge is 0.0616 e. The van der Waals surface area contributed by atoms with Crippen molar-refractivity contribution in [3.8, 4) is 47.4 Å². The van der Waals surface area contributed by atoms with Gasteiger partial charge >= 0.3 is 0 Å². The normalized spacial score (nSPS) is 16.3. The SMILES string of the molecule is Cc1ccc(C#CC2=C(C#Cc3ccc(C)cc3)/C(c3ccc(C)cc3)=C(c3ccc(C)cc3)\C(C#Cc3ccc(C)cc3)=C(C#Cc3ccc(C)cc3)/C(c3ccc(C)cc3)=C\2c2ccc(C)cc2)cc1. The van der Waals surface area contributed by atoms with Crippen molar-refractivity contribution in [1.82, 2.24) is 0 Å². The molecule has 1 aliphatic carbocycles. The summed E-state index contributed by atoms with van der Waals surface area (Å²) >= 11 is 0. The molecule has 0 fully saturated rings. The van der Waals surface area contributed by atoms with E-state index in [1.165, 1.54) is 22.3 Å². The van der Waals surface area contributed by atoms with E-state index in [0.717, 1.165) is 111 Å². The third-order valence-electron chi connectivity index (χ3n) is 12.9. The van der Waals surface area contributed by atoms with Crippen LogP contribution in [0.15, 0.2) is 216 Å². The minimum atomic E-state index is 0.787. The lowest BCUT2D eigenvalue weighted by Crippen LogP contribution is -2.10. The maximum absolute atomic E-state index is 3.89. The highest BCUT2D eigenvalue weighted by Crippen LogP contribution is 2.48. The van der Waals surface area contributed by atoms with Gasteiger partial charge in [0.2, 0.25) is 0 Å². The molecule has 0 saturated heterocycles. The zero-order valence-corrected chi connectivity index (χ0v) is 42.5.